The lowest BCUT2D eigenvalue weighted by Gasteiger charge is -2.33. The molecule has 4 nitrogen and oxygen atoms in total. The molecule has 0 spiro atoms. The highest BCUT2D eigenvalue weighted by Crippen LogP contribution is 2.32. The van der Waals surface area contributed by atoms with Crippen LogP contribution in [0.25, 0.3) is 10.9 Å². The van der Waals surface area contributed by atoms with E-state index in [1.165, 1.54) is 29.4 Å². The first-order chi connectivity index (χ1) is 10.1. The maximum absolute atomic E-state index is 6.31. The first-order valence-electron chi connectivity index (χ1n) is 7.82. The van der Waals surface area contributed by atoms with Crippen LogP contribution in [0.4, 0.5) is 0 Å². The Morgan fingerprint density at radius 1 is 1.19 bits per heavy atom. The monoisotopic (exact) mass is 287 g/mol. The summed E-state index contributed by atoms with van der Waals surface area (Å²) < 4.78 is 6.31. The van der Waals surface area contributed by atoms with Gasteiger partial charge in [0.05, 0.1) is 17.8 Å². The molecule has 1 aliphatic rings. The van der Waals surface area contributed by atoms with E-state index in [-0.39, 0.29) is 0 Å². The Hall–Kier alpha value is -1.55. The van der Waals surface area contributed by atoms with Crippen molar-refractivity contribution in [3.8, 4) is 5.75 Å². The van der Waals surface area contributed by atoms with E-state index in [9.17, 15) is 0 Å². The fourth-order valence-electron chi connectivity index (χ4n) is 3.36. The minimum Gasteiger partial charge on any atom is -0.490 e. The summed E-state index contributed by atoms with van der Waals surface area (Å²) in [5.41, 5.74) is 3.51. The standard InChI is InChI=1S/C17H25N3O/c1-11-9-16(12(2)15-10-18-19-17(11)15)21-14-7-5-13(6-8-14)20(3)4/h9-10,13-14H,5-8H2,1-4H3,(H,18,19)/t13-,14-. The van der Waals surface area contributed by atoms with Crippen molar-refractivity contribution < 1.29 is 4.74 Å². The van der Waals surface area contributed by atoms with Crippen molar-refractivity contribution in [3.63, 3.8) is 0 Å². The second-order valence-electron chi connectivity index (χ2n) is 6.49. The molecule has 1 aromatic carbocycles. The molecule has 1 N–H and O–H groups in total. The fraction of sp³-hybridized carbons (Fsp3) is 0.588. The Bertz CT molecular complexity index is 624. The number of aryl methyl sites for hydroxylation is 2. The van der Waals surface area contributed by atoms with Gasteiger partial charge in [-0.25, -0.2) is 0 Å². The number of rotatable bonds is 3. The maximum atomic E-state index is 6.31. The molecule has 0 saturated heterocycles. The van der Waals surface area contributed by atoms with Crippen LogP contribution >= 0.6 is 0 Å². The summed E-state index contributed by atoms with van der Waals surface area (Å²) in [6, 6.07) is 2.86. The van der Waals surface area contributed by atoms with Gasteiger partial charge in [-0.2, -0.15) is 5.10 Å². The number of ether oxygens (including phenoxy) is 1. The molecule has 0 radical (unpaired) electrons. The number of nitrogens with zero attached hydrogens (tertiary/aromatic N) is 2. The van der Waals surface area contributed by atoms with Gasteiger partial charge >= 0.3 is 0 Å². The Morgan fingerprint density at radius 2 is 1.90 bits per heavy atom. The summed E-state index contributed by atoms with van der Waals surface area (Å²) in [5.74, 6) is 1.02. The van der Waals surface area contributed by atoms with E-state index in [2.05, 4.69) is 49.1 Å². The van der Waals surface area contributed by atoms with Gasteiger partial charge in [0.2, 0.25) is 0 Å². The molecule has 1 heterocycles. The fourth-order valence-corrected chi connectivity index (χ4v) is 3.36. The first kappa shape index (κ1) is 14.4. The van der Waals surface area contributed by atoms with Crippen LogP contribution in [0.1, 0.15) is 36.8 Å². The zero-order valence-corrected chi connectivity index (χ0v) is 13.4. The van der Waals surface area contributed by atoms with Crippen molar-refractivity contribution in [2.75, 3.05) is 14.1 Å². The van der Waals surface area contributed by atoms with Crippen LogP contribution in [0.2, 0.25) is 0 Å². The van der Waals surface area contributed by atoms with Crippen LogP contribution < -0.4 is 4.74 Å². The van der Waals surface area contributed by atoms with Gasteiger partial charge in [-0.05, 0) is 65.3 Å². The highest BCUT2D eigenvalue weighted by molar-refractivity contribution is 5.86. The van der Waals surface area contributed by atoms with Crippen molar-refractivity contribution in [3.05, 3.63) is 23.4 Å². The van der Waals surface area contributed by atoms with Crippen LogP contribution in [0.15, 0.2) is 12.3 Å². The van der Waals surface area contributed by atoms with E-state index in [0.29, 0.717) is 12.1 Å². The van der Waals surface area contributed by atoms with Crippen LogP contribution in [-0.4, -0.2) is 41.3 Å². The van der Waals surface area contributed by atoms with E-state index in [0.717, 1.165) is 24.1 Å². The molecule has 0 aliphatic heterocycles. The lowest BCUT2D eigenvalue weighted by Crippen LogP contribution is -2.35. The Balaban J connectivity index is 1.75. The van der Waals surface area contributed by atoms with Crippen molar-refractivity contribution >= 4 is 10.9 Å². The number of nitrogens with one attached hydrogen (secondary N) is 1. The summed E-state index contributed by atoms with van der Waals surface area (Å²) in [6.45, 7) is 4.23. The summed E-state index contributed by atoms with van der Waals surface area (Å²) in [7, 11) is 4.35. The Kier molecular flexibility index (Phi) is 3.89. The molecule has 1 saturated carbocycles. The van der Waals surface area contributed by atoms with Crippen molar-refractivity contribution in [1.29, 1.82) is 0 Å². The third-order valence-corrected chi connectivity index (χ3v) is 4.82. The molecule has 0 amide bonds. The largest absolute Gasteiger partial charge is 0.490 e. The zero-order valence-electron chi connectivity index (χ0n) is 13.4. The average molecular weight is 287 g/mol. The van der Waals surface area contributed by atoms with Crippen molar-refractivity contribution in [1.82, 2.24) is 15.1 Å². The number of aromatic nitrogens is 2. The average Bonchev–Trinajstić information content (AvgIpc) is 2.95. The van der Waals surface area contributed by atoms with Gasteiger partial charge in [0.15, 0.2) is 0 Å². The summed E-state index contributed by atoms with van der Waals surface area (Å²) in [5, 5.41) is 8.39. The molecule has 1 aromatic heterocycles. The van der Waals surface area contributed by atoms with Crippen LogP contribution in [0, 0.1) is 13.8 Å². The molecule has 21 heavy (non-hydrogen) atoms. The first-order valence-corrected chi connectivity index (χ1v) is 7.82. The van der Waals surface area contributed by atoms with Crippen molar-refractivity contribution in [2.24, 2.45) is 0 Å². The molecule has 0 bridgehead atoms. The third kappa shape index (κ3) is 2.77. The lowest BCUT2D eigenvalue weighted by atomic mass is 9.92. The molecule has 4 heteroatoms. The zero-order chi connectivity index (χ0) is 15.0. The van der Waals surface area contributed by atoms with E-state index in [1.807, 2.05) is 6.20 Å². The van der Waals surface area contributed by atoms with Crippen LogP contribution in [-0.2, 0) is 0 Å². The minimum absolute atomic E-state index is 0.351. The van der Waals surface area contributed by atoms with Crippen molar-refractivity contribution in [2.45, 2.75) is 51.7 Å². The van der Waals surface area contributed by atoms with Crippen LogP contribution in [0.5, 0.6) is 5.75 Å². The normalized spacial score (nSPS) is 22.9. The molecule has 114 valence electrons. The second-order valence-corrected chi connectivity index (χ2v) is 6.49. The van der Waals surface area contributed by atoms with E-state index in [4.69, 9.17) is 4.74 Å². The van der Waals surface area contributed by atoms with E-state index in [1.54, 1.807) is 0 Å². The van der Waals surface area contributed by atoms with E-state index < -0.39 is 0 Å². The number of H-pyrrole nitrogens is 1. The predicted molar refractivity (Wildman–Crippen MR) is 85.9 cm³/mol. The van der Waals surface area contributed by atoms with Gasteiger partial charge in [-0.3, -0.25) is 5.10 Å². The summed E-state index contributed by atoms with van der Waals surface area (Å²) >= 11 is 0. The number of fused-ring (bicyclic) bond motifs is 1. The molecule has 3 rings (SSSR count). The smallest absolute Gasteiger partial charge is 0.123 e. The van der Waals surface area contributed by atoms with Gasteiger partial charge in [-0.15, -0.1) is 0 Å². The molecular weight excluding hydrogens is 262 g/mol. The predicted octanol–water partition coefficient (Wildman–Crippen LogP) is 3.43. The quantitative estimate of drug-likeness (QED) is 0.940. The Labute approximate surface area is 126 Å². The minimum atomic E-state index is 0.351. The van der Waals surface area contributed by atoms with Gasteiger partial charge < -0.3 is 9.64 Å². The molecule has 1 fully saturated rings. The number of hydrogen-bond acceptors (Lipinski definition) is 3. The summed E-state index contributed by atoms with van der Waals surface area (Å²) in [4.78, 5) is 2.34. The SMILES string of the molecule is Cc1c(O[C@H]2CC[C@H](N(C)C)CC2)cc(C)c2[nH]ncc12. The van der Waals surface area contributed by atoms with Gasteiger partial charge in [-0.1, -0.05) is 0 Å². The lowest BCUT2D eigenvalue weighted by molar-refractivity contribution is 0.110. The Morgan fingerprint density at radius 3 is 2.57 bits per heavy atom. The molecule has 0 unspecified atom stereocenters. The van der Waals surface area contributed by atoms with E-state index >= 15 is 0 Å². The van der Waals surface area contributed by atoms with Gasteiger partial charge in [0.1, 0.15) is 5.75 Å². The third-order valence-electron chi connectivity index (χ3n) is 4.82. The topological polar surface area (TPSA) is 41.1 Å². The molecule has 2 aromatic rings. The van der Waals surface area contributed by atoms with Crippen LogP contribution in [0.3, 0.4) is 0 Å². The van der Waals surface area contributed by atoms with Gasteiger partial charge in [0, 0.05) is 17.0 Å². The van der Waals surface area contributed by atoms with Gasteiger partial charge in [0.25, 0.3) is 0 Å². The highest BCUT2D eigenvalue weighted by Gasteiger charge is 2.24. The highest BCUT2D eigenvalue weighted by atomic mass is 16.5. The number of aromatic amines is 1. The second kappa shape index (κ2) is 5.68. The number of benzene rings is 1. The molecule has 0 atom stereocenters. The molecular formula is C17H25N3O. The maximum Gasteiger partial charge on any atom is 0.123 e. The number of hydrogen-bond donors (Lipinski definition) is 1. The summed E-state index contributed by atoms with van der Waals surface area (Å²) in [6.07, 6.45) is 6.99. The molecule has 1 aliphatic carbocycles.